The maximum absolute atomic E-state index is 11.3. The van der Waals surface area contributed by atoms with Crippen LogP contribution in [0.2, 0.25) is 0 Å². The minimum Gasteiger partial charge on any atom is -0.350 e. The normalized spacial score (nSPS) is 20.1. The number of nitrogens with zero attached hydrogens (tertiary/aromatic N) is 1. The zero-order chi connectivity index (χ0) is 10.4. The molecule has 1 saturated heterocycles. The average molecular weight is 196 g/mol. The van der Waals surface area contributed by atoms with Gasteiger partial charge in [-0.1, -0.05) is 13.0 Å². The summed E-state index contributed by atoms with van der Waals surface area (Å²) >= 11 is 0. The minimum absolute atomic E-state index is 0.0569. The van der Waals surface area contributed by atoms with Crippen LogP contribution in [0.4, 0.5) is 0 Å². The van der Waals surface area contributed by atoms with E-state index in [2.05, 4.69) is 17.3 Å². The maximum Gasteiger partial charge on any atom is 0.243 e. The van der Waals surface area contributed by atoms with Gasteiger partial charge in [0.2, 0.25) is 5.91 Å². The summed E-state index contributed by atoms with van der Waals surface area (Å²) in [6.45, 7) is 4.20. The van der Waals surface area contributed by atoms with E-state index in [1.807, 2.05) is 13.0 Å². The number of amides is 1. The standard InChI is InChI=1S/C11H20N2O/c1-3-4-5-11(14)12-10-6-8-13(2)9-7-10/h4-5,10H,3,6-9H2,1-2H3,(H,12,14)/b5-4-. The number of piperidine rings is 1. The van der Waals surface area contributed by atoms with Crippen molar-refractivity contribution in [3.05, 3.63) is 12.2 Å². The van der Waals surface area contributed by atoms with Crippen molar-refractivity contribution < 1.29 is 4.79 Å². The third-order valence-corrected chi connectivity index (χ3v) is 2.57. The minimum atomic E-state index is 0.0569. The van der Waals surface area contributed by atoms with E-state index >= 15 is 0 Å². The molecule has 0 unspecified atom stereocenters. The molecule has 1 aliphatic rings. The summed E-state index contributed by atoms with van der Waals surface area (Å²) in [7, 11) is 2.12. The molecule has 0 spiro atoms. The van der Waals surface area contributed by atoms with E-state index in [9.17, 15) is 4.79 Å². The molecule has 0 aliphatic carbocycles. The van der Waals surface area contributed by atoms with Crippen LogP contribution in [0, 0.1) is 0 Å². The van der Waals surface area contributed by atoms with Crippen LogP contribution in [0.5, 0.6) is 0 Å². The van der Waals surface area contributed by atoms with Crippen molar-refractivity contribution in [1.29, 1.82) is 0 Å². The summed E-state index contributed by atoms with van der Waals surface area (Å²) in [5, 5.41) is 3.02. The SMILES string of the molecule is CC/C=C\C(=O)NC1CCN(C)CC1. The summed E-state index contributed by atoms with van der Waals surface area (Å²) in [5.74, 6) is 0.0569. The number of carbonyl (C=O) groups excluding carboxylic acids is 1. The number of carbonyl (C=O) groups is 1. The third kappa shape index (κ3) is 3.92. The van der Waals surface area contributed by atoms with Crippen LogP contribution in [0.25, 0.3) is 0 Å². The second kappa shape index (κ2) is 5.81. The molecule has 1 rings (SSSR count). The zero-order valence-electron chi connectivity index (χ0n) is 9.12. The Balaban J connectivity index is 2.24. The van der Waals surface area contributed by atoms with Gasteiger partial charge in [0.25, 0.3) is 0 Å². The monoisotopic (exact) mass is 196 g/mol. The van der Waals surface area contributed by atoms with Crippen molar-refractivity contribution in [3.8, 4) is 0 Å². The summed E-state index contributed by atoms with van der Waals surface area (Å²) in [4.78, 5) is 13.6. The molecule has 80 valence electrons. The molecule has 0 atom stereocenters. The van der Waals surface area contributed by atoms with Gasteiger partial charge in [0.1, 0.15) is 0 Å². The van der Waals surface area contributed by atoms with E-state index in [0.717, 1.165) is 32.4 Å². The molecule has 1 fully saturated rings. The molecular weight excluding hydrogens is 176 g/mol. The van der Waals surface area contributed by atoms with E-state index in [0.29, 0.717) is 6.04 Å². The van der Waals surface area contributed by atoms with Gasteiger partial charge in [-0.25, -0.2) is 0 Å². The molecule has 0 saturated carbocycles. The maximum atomic E-state index is 11.3. The quantitative estimate of drug-likeness (QED) is 0.687. The largest absolute Gasteiger partial charge is 0.350 e. The van der Waals surface area contributed by atoms with Gasteiger partial charge in [-0.3, -0.25) is 4.79 Å². The van der Waals surface area contributed by atoms with Gasteiger partial charge in [0, 0.05) is 6.04 Å². The van der Waals surface area contributed by atoms with E-state index in [-0.39, 0.29) is 5.91 Å². The number of rotatable bonds is 3. The molecule has 0 aromatic heterocycles. The van der Waals surface area contributed by atoms with Crippen LogP contribution in [0.15, 0.2) is 12.2 Å². The van der Waals surface area contributed by atoms with Crippen molar-refractivity contribution in [2.45, 2.75) is 32.2 Å². The Labute approximate surface area is 86.2 Å². The van der Waals surface area contributed by atoms with Gasteiger partial charge in [-0.05, 0) is 45.5 Å². The molecule has 3 heteroatoms. The van der Waals surface area contributed by atoms with Crippen LogP contribution in [0.1, 0.15) is 26.2 Å². The highest BCUT2D eigenvalue weighted by atomic mass is 16.1. The Kier molecular flexibility index (Phi) is 4.66. The Hall–Kier alpha value is -0.830. The fourth-order valence-corrected chi connectivity index (χ4v) is 1.63. The van der Waals surface area contributed by atoms with Gasteiger partial charge in [-0.15, -0.1) is 0 Å². The number of nitrogens with one attached hydrogen (secondary N) is 1. The molecule has 0 aromatic carbocycles. The predicted molar refractivity (Wildman–Crippen MR) is 58.1 cm³/mol. The molecular formula is C11H20N2O. The van der Waals surface area contributed by atoms with Gasteiger partial charge < -0.3 is 10.2 Å². The first kappa shape index (κ1) is 11.2. The molecule has 1 N–H and O–H groups in total. The zero-order valence-corrected chi connectivity index (χ0v) is 9.12. The first-order valence-corrected chi connectivity index (χ1v) is 5.38. The molecule has 1 aliphatic heterocycles. The second-order valence-corrected chi connectivity index (χ2v) is 3.90. The number of hydrogen-bond donors (Lipinski definition) is 1. The van der Waals surface area contributed by atoms with Gasteiger partial charge in [-0.2, -0.15) is 0 Å². The summed E-state index contributed by atoms with van der Waals surface area (Å²) in [5.41, 5.74) is 0. The molecule has 0 radical (unpaired) electrons. The van der Waals surface area contributed by atoms with Crippen LogP contribution < -0.4 is 5.32 Å². The van der Waals surface area contributed by atoms with Gasteiger partial charge in [0.15, 0.2) is 0 Å². The molecule has 1 amide bonds. The summed E-state index contributed by atoms with van der Waals surface area (Å²) in [6, 6.07) is 0.375. The van der Waals surface area contributed by atoms with Crippen molar-refractivity contribution in [1.82, 2.24) is 10.2 Å². The lowest BCUT2D eigenvalue weighted by molar-refractivity contribution is -0.117. The first-order valence-electron chi connectivity index (χ1n) is 5.38. The Morgan fingerprint density at radius 3 is 2.71 bits per heavy atom. The second-order valence-electron chi connectivity index (χ2n) is 3.90. The number of allylic oxidation sites excluding steroid dienone is 1. The van der Waals surface area contributed by atoms with Crippen LogP contribution in [-0.2, 0) is 4.79 Å². The fourth-order valence-electron chi connectivity index (χ4n) is 1.63. The van der Waals surface area contributed by atoms with E-state index in [4.69, 9.17) is 0 Å². The van der Waals surface area contributed by atoms with Gasteiger partial charge >= 0.3 is 0 Å². The van der Waals surface area contributed by atoms with E-state index in [1.54, 1.807) is 6.08 Å². The molecule has 0 bridgehead atoms. The Morgan fingerprint density at radius 1 is 1.50 bits per heavy atom. The first-order chi connectivity index (χ1) is 6.72. The number of likely N-dealkylation sites (tertiary alicyclic amines) is 1. The highest BCUT2D eigenvalue weighted by molar-refractivity contribution is 5.87. The lowest BCUT2D eigenvalue weighted by Crippen LogP contribution is -2.42. The fraction of sp³-hybridized carbons (Fsp3) is 0.727. The van der Waals surface area contributed by atoms with Crippen molar-refractivity contribution in [2.24, 2.45) is 0 Å². The summed E-state index contributed by atoms with van der Waals surface area (Å²) in [6.07, 6.45) is 6.59. The van der Waals surface area contributed by atoms with Crippen molar-refractivity contribution >= 4 is 5.91 Å². The van der Waals surface area contributed by atoms with Gasteiger partial charge in [0.05, 0.1) is 0 Å². The molecule has 1 heterocycles. The highest BCUT2D eigenvalue weighted by Gasteiger charge is 2.16. The number of hydrogen-bond acceptors (Lipinski definition) is 2. The molecule has 3 nitrogen and oxygen atoms in total. The Morgan fingerprint density at radius 2 is 2.14 bits per heavy atom. The smallest absolute Gasteiger partial charge is 0.243 e. The molecule has 14 heavy (non-hydrogen) atoms. The summed E-state index contributed by atoms with van der Waals surface area (Å²) < 4.78 is 0. The third-order valence-electron chi connectivity index (χ3n) is 2.57. The van der Waals surface area contributed by atoms with E-state index < -0.39 is 0 Å². The lowest BCUT2D eigenvalue weighted by Gasteiger charge is -2.29. The van der Waals surface area contributed by atoms with Crippen LogP contribution >= 0.6 is 0 Å². The predicted octanol–water partition coefficient (Wildman–Crippen LogP) is 1.16. The van der Waals surface area contributed by atoms with E-state index in [1.165, 1.54) is 0 Å². The average Bonchev–Trinajstić information content (AvgIpc) is 2.18. The Bertz CT molecular complexity index is 205. The van der Waals surface area contributed by atoms with Crippen LogP contribution in [-0.4, -0.2) is 37.0 Å². The van der Waals surface area contributed by atoms with Crippen LogP contribution in [0.3, 0.4) is 0 Å². The van der Waals surface area contributed by atoms with Crippen molar-refractivity contribution in [2.75, 3.05) is 20.1 Å². The molecule has 0 aromatic rings. The highest BCUT2D eigenvalue weighted by Crippen LogP contribution is 2.07. The lowest BCUT2D eigenvalue weighted by atomic mass is 10.1. The topological polar surface area (TPSA) is 32.3 Å². The van der Waals surface area contributed by atoms with Crippen molar-refractivity contribution in [3.63, 3.8) is 0 Å².